The van der Waals surface area contributed by atoms with Crippen LogP contribution in [0.25, 0.3) is 16.9 Å². The van der Waals surface area contributed by atoms with Crippen LogP contribution in [0.4, 0.5) is 5.82 Å². The van der Waals surface area contributed by atoms with Crippen LogP contribution in [0.5, 0.6) is 0 Å². The third kappa shape index (κ3) is 3.40. The number of aromatic amines is 1. The van der Waals surface area contributed by atoms with Gasteiger partial charge in [0.1, 0.15) is 5.82 Å². The molecule has 2 aliphatic rings. The molecule has 0 spiro atoms. The van der Waals surface area contributed by atoms with Crippen LogP contribution in [-0.2, 0) is 9.47 Å². The van der Waals surface area contributed by atoms with Gasteiger partial charge in [-0.05, 0) is 51.2 Å². The highest BCUT2D eigenvalue weighted by molar-refractivity contribution is 5.83. The number of hydrogen-bond acceptors (Lipinski definition) is 6. The van der Waals surface area contributed by atoms with Gasteiger partial charge >= 0.3 is 0 Å². The largest absolute Gasteiger partial charge is 0.377 e. The summed E-state index contributed by atoms with van der Waals surface area (Å²) < 4.78 is 13.5. The van der Waals surface area contributed by atoms with Crippen LogP contribution in [0, 0.1) is 0 Å². The highest BCUT2D eigenvalue weighted by Gasteiger charge is 2.32. The first kappa shape index (κ1) is 18.6. The molecule has 154 valence electrons. The van der Waals surface area contributed by atoms with Gasteiger partial charge in [0.15, 0.2) is 11.5 Å². The van der Waals surface area contributed by atoms with Crippen molar-refractivity contribution in [3.63, 3.8) is 0 Å². The summed E-state index contributed by atoms with van der Waals surface area (Å²) in [5.41, 5.74) is 2.06. The zero-order chi connectivity index (χ0) is 20.0. The van der Waals surface area contributed by atoms with Gasteiger partial charge in [-0.15, -0.1) is 0 Å². The molecule has 0 aliphatic carbocycles. The van der Waals surface area contributed by atoms with Gasteiger partial charge in [-0.1, -0.05) is 0 Å². The first-order valence-electron chi connectivity index (χ1n) is 10.4. The Labute approximate surface area is 170 Å². The minimum Gasteiger partial charge on any atom is -0.377 e. The van der Waals surface area contributed by atoms with E-state index in [1.165, 1.54) is 5.56 Å². The third-order valence-electron chi connectivity index (χ3n) is 6.07. The molecular formula is C21H28N6O2. The smallest absolute Gasteiger partial charge is 0.167 e. The number of morpholine rings is 1. The Hall–Kier alpha value is -2.45. The Morgan fingerprint density at radius 2 is 2.17 bits per heavy atom. The summed E-state index contributed by atoms with van der Waals surface area (Å²) in [7, 11) is 0. The molecule has 0 saturated carbocycles. The Morgan fingerprint density at radius 3 is 2.93 bits per heavy atom. The number of fused-ring (bicyclic) bond motifs is 1. The van der Waals surface area contributed by atoms with Crippen molar-refractivity contribution in [1.82, 2.24) is 25.0 Å². The summed E-state index contributed by atoms with van der Waals surface area (Å²) in [5.74, 6) is 2.23. The number of H-pyrrole nitrogens is 1. The van der Waals surface area contributed by atoms with Crippen LogP contribution in [0.2, 0.25) is 0 Å². The lowest BCUT2D eigenvalue weighted by Gasteiger charge is -2.37. The summed E-state index contributed by atoms with van der Waals surface area (Å²) in [6.07, 6.45) is 5.67. The van der Waals surface area contributed by atoms with Crippen LogP contribution in [-0.4, -0.2) is 63.0 Å². The molecule has 5 heterocycles. The first-order chi connectivity index (χ1) is 14.0. The van der Waals surface area contributed by atoms with E-state index in [-0.39, 0.29) is 11.6 Å². The van der Waals surface area contributed by atoms with Crippen LogP contribution >= 0.6 is 0 Å². The van der Waals surface area contributed by atoms with E-state index in [4.69, 9.17) is 14.5 Å². The van der Waals surface area contributed by atoms with Gasteiger partial charge in [0.05, 0.1) is 37.3 Å². The third-order valence-corrected chi connectivity index (χ3v) is 6.07. The van der Waals surface area contributed by atoms with E-state index < -0.39 is 0 Å². The van der Waals surface area contributed by atoms with E-state index >= 15 is 0 Å². The van der Waals surface area contributed by atoms with Gasteiger partial charge in [-0.3, -0.25) is 5.10 Å². The summed E-state index contributed by atoms with van der Waals surface area (Å²) in [6.45, 7) is 9.61. The number of nitrogens with zero attached hydrogens (tertiary/aromatic N) is 5. The van der Waals surface area contributed by atoms with Crippen molar-refractivity contribution < 1.29 is 9.47 Å². The lowest BCUT2D eigenvalue weighted by atomic mass is 9.83. The molecule has 0 aromatic carbocycles. The molecule has 0 radical (unpaired) electrons. The molecule has 8 nitrogen and oxygen atoms in total. The average molecular weight is 396 g/mol. The number of aromatic nitrogens is 5. The zero-order valence-electron chi connectivity index (χ0n) is 17.3. The number of nitrogens with one attached hydrogen (secondary N) is 1. The van der Waals surface area contributed by atoms with Crippen molar-refractivity contribution in [2.24, 2.45) is 0 Å². The fraction of sp³-hybridized carbons (Fsp3) is 0.571. The quantitative estimate of drug-likeness (QED) is 0.733. The van der Waals surface area contributed by atoms with Gasteiger partial charge in [-0.2, -0.15) is 14.9 Å². The maximum absolute atomic E-state index is 5.98. The maximum Gasteiger partial charge on any atom is 0.167 e. The lowest BCUT2D eigenvalue weighted by Crippen LogP contribution is -2.44. The zero-order valence-corrected chi connectivity index (χ0v) is 17.3. The SMILES string of the molecule is C[C@@H]1COCCN1c1cc([C@H]2CCOC(C)(C)C2)c2cnn(-c3ccn[nH]3)c2n1. The van der Waals surface area contributed by atoms with E-state index in [9.17, 15) is 0 Å². The molecule has 3 aromatic heterocycles. The molecule has 2 saturated heterocycles. The summed E-state index contributed by atoms with van der Waals surface area (Å²) >= 11 is 0. The van der Waals surface area contributed by atoms with E-state index in [2.05, 4.69) is 47.0 Å². The predicted octanol–water partition coefficient (Wildman–Crippen LogP) is 3.04. The van der Waals surface area contributed by atoms with E-state index in [1.807, 2.05) is 16.9 Å². The van der Waals surface area contributed by atoms with Crippen LogP contribution in [0.1, 0.15) is 45.1 Å². The fourth-order valence-corrected chi connectivity index (χ4v) is 4.60. The van der Waals surface area contributed by atoms with Crippen molar-refractivity contribution >= 4 is 16.9 Å². The number of rotatable bonds is 3. The highest BCUT2D eigenvalue weighted by atomic mass is 16.5. The van der Waals surface area contributed by atoms with Crippen molar-refractivity contribution in [1.29, 1.82) is 0 Å². The van der Waals surface area contributed by atoms with Crippen molar-refractivity contribution in [3.05, 3.63) is 30.1 Å². The monoisotopic (exact) mass is 396 g/mol. The average Bonchev–Trinajstić information content (AvgIpc) is 3.36. The highest BCUT2D eigenvalue weighted by Crippen LogP contribution is 2.40. The minimum atomic E-state index is -0.121. The van der Waals surface area contributed by atoms with Crippen molar-refractivity contribution in [2.75, 3.05) is 31.3 Å². The van der Waals surface area contributed by atoms with Gasteiger partial charge in [0, 0.05) is 24.6 Å². The number of pyridine rings is 1. The van der Waals surface area contributed by atoms with Crippen molar-refractivity contribution in [2.45, 2.75) is 51.2 Å². The number of anilines is 1. The molecule has 29 heavy (non-hydrogen) atoms. The van der Waals surface area contributed by atoms with E-state index in [0.717, 1.165) is 61.9 Å². The normalized spacial score (nSPS) is 24.9. The second kappa shape index (κ2) is 7.11. The molecule has 2 fully saturated rings. The molecule has 0 unspecified atom stereocenters. The summed E-state index contributed by atoms with van der Waals surface area (Å²) in [4.78, 5) is 7.40. The van der Waals surface area contributed by atoms with Gasteiger partial charge in [0.2, 0.25) is 0 Å². The van der Waals surface area contributed by atoms with Gasteiger partial charge in [0.25, 0.3) is 0 Å². The Balaban J connectivity index is 1.66. The molecule has 2 atom stereocenters. The second-order valence-corrected chi connectivity index (χ2v) is 8.72. The molecule has 2 aliphatic heterocycles. The summed E-state index contributed by atoms with van der Waals surface area (Å²) in [5, 5.41) is 12.8. The van der Waals surface area contributed by atoms with Crippen LogP contribution in [0.15, 0.2) is 24.5 Å². The molecule has 0 amide bonds. The molecule has 0 bridgehead atoms. The van der Waals surface area contributed by atoms with Crippen molar-refractivity contribution in [3.8, 4) is 5.82 Å². The second-order valence-electron chi connectivity index (χ2n) is 8.72. The number of hydrogen-bond donors (Lipinski definition) is 1. The maximum atomic E-state index is 5.98. The topological polar surface area (TPSA) is 81.1 Å². The molecular weight excluding hydrogens is 368 g/mol. The van der Waals surface area contributed by atoms with E-state index in [0.29, 0.717) is 5.92 Å². The fourth-order valence-electron chi connectivity index (χ4n) is 4.60. The standard InChI is InChI=1S/C21H28N6O2/c1-14-13-28-9-7-26(14)19-10-16(15-5-8-29-21(2,3)11-15)17-12-23-27(20(17)24-19)18-4-6-22-25-18/h4,6,10,12,14-15H,5,7-9,11,13H2,1-3H3,(H,22,25)/t14-,15+/m1/s1. The molecule has 1 N–H and O–H groups in total. The van der Waals surface area contributed by atoms with Gasteiger partial charge < -0.3 is 14.4 Å². The summed E-state index contributed by atoms with van der Waals surface area (Å²) in [6, 6.07) is 4.47. The van der Waals surface area contributed by atoms with E-state index in [1.54, 1.807) is 6.20 Å². The predicted molar refractivity (Wildman–Crippen MR) is 111 cm³/mol. The molecule has 5 rings (SSSR count). The Morgan fingerprint density at radius 1 is 1.28 bits per heavy atom. The number of ether oxygens (including phenoxy) is 2. The lowest BCUT2D eigenvalue weighted by molar-refractivity contribution is -0.0591. The Bertz CT molecular complexity index is 996. The Kier molecular flexibility index (Phi) is 4.55. The minimum absolute atomic E-state index is 0.121. The first-order valence-corrected chi connectivity index (χ1v) is 10.4. The van der Waals surface area contributed by atoms with Crippen LogP contribution < -0.4 is 4.90 Å². The molecule has 8 heteroatoms. The van der Waals surface area contributed by atoms with Gasteiger partial charge in [-0.25, -0.2) is 4.98 Å². The molecule has 3 aromatic rings. The van der Waals surface area contributed by atoms with Crippen LogP contribution in [0.3, 0.4) is 0 Å².